The number of esters is 1. The minimum absolute atomic E-state index is 0.0855. The minimum Gasteiger partial charge on any atom is -0.497 e. The largest absolute Gasteiger partial charge is 0.497 e. The van der Waals surface area contributed by atoms with Crippen LogP contribution in [0, 0.1) is 0 Å². The third kappa shape index (κ3) is 7.16. The summed E-state index contributed by atoms with van der Waals surface area (Å²) in [5, 5.41) is 4.97. The van der Waals surface area contributed by atoms with Gasteiger partial charge in [-0.1, -0.05) is 19.3 Å². The van der Waals surface area contributed by atoms with Crippen LogP contribution in [0.3, 0.4) is 0 Å². The van der Waals surface area contributed by atoms with Crippen molar-refractivity contribution in [3.8, 4) is 11.5 Å². The highest BCUT2D eigenvalue weighted by molar-refractivity contribution is 5.97. The molecule has 8 heteroatoms. The maximum atomic E-state index is 12.0. The van der Waals surface area contributed by atoms with Gasteiger partial charge in [0.25, 0.3) is 5.91 Å². The number of ether oxygens (including phenoxy) is 3. The Bertz CT molecular complexity index is 640. The van der Waals surface area contributed by atoms with E-state index in [0.717, 1.165) is 25.7 Å². The van der Waals surface area contributed by atoms with Crippen molar-refractivity contribution in [2.45, 2.75) is 51.2 Å². The third-order valence-electron chi connectivity index (χ3n) is 4.27. The summed E-state index contributed by atoms with van der Waals surface area (Å²) in [7, 11) is 1.55. The SMILES string of the molecule is COc1ccc(OCC(=O)O[C@@H](C)C(=O)NC(=O)NC2CCCCC2)cc1. The zero-order chi connectivity index (χ0) is 19.6. The molecule has 0 unspecified atom stereocenters. The van der Waals surface area contributed by atoms with Gasteiger partial charge in [0.15, 0.2) is 12.7 Å². The van der Waals surface area contributed by atoms with E-state index < -0.39 is 24.0 Å². The van der Waals surface area contributed by atoms with Crippen molar-refractivity contribution in [1.29, 1.82) is 0 Å². The molecule has 1 aromatic rings. The zero-order valence-corrected chi connectivity index (χ0v) is 15.7. The number of carbonyl (C=O) groups excluding carboxylic acids is 3. The quantitative estimate of drug-likeness (QED) is 0.705. The van der Waals surface area contributed by atoms with Gasteiger partial charge < -0.3 is 19.5 Å². The predicted molar refractivity (Wildman–Crippen MR) is 97.6 cm³/mol. The van der Waals surface area contributed by atoms with Crippen molar-refractivity contribution >= 4 is 17.9 Å². The normalized spacial score (nSPS) is 15.3. The molecule has 8 nitrogen and oxygen atoms in total. The molecular weight excluding hydrogens is 352 g/mol. The van der Waals surface area contributed by atoms with Gasteiger partial charge in [-0.25, -0.2) is 9.59 Å². The first kappa shape index (κ1) is 20.5. The molecule has 2 rings (SSSR count). The number of imide groups is 1. The van der Waals surface area contributed by atoms with E-state index in [1.165, 1.54) is 13.3 Å². The summed E-state index contributed by atoms with van der Waals surface area (Å²) in [6.45, 7) is 1.05. The zero-order valence-electron chi connectivity index (χ0n) is 15.7. The summed E-state index contributed by atoms with van der Waals surface area (Å²) in [5.41, 5.74) is 0. The molecule has 1 aromatic carbocycles. The van der Waals surface area contributed by atoms with Crippen LogP contribution >= 0.6 is 0 Å². The molecule has 1 aliphatic rings. The Morgan fingerprint density at radius 3 is 2.33 bits per heavy atom. The van der Waals surface area contributed by atoms with Crippen molar-refractivity contribution in [2.24, 2.45) is 0 Å². The van der Waals surface area contributed by atoms with E-state index in [2.05, 4.69) is 10.6 Å². The Kier molecular flexibility index (Phi) is 7.91. The van der Waals surface area contributed by atoms with Crippen molar-refractivity contribution in [1.82, 2.24) is 10.6 Å². The Balaban J connectivity index is 1.69. The summed E-state index contributed by atoms with van der Waals surface area (Å²) in [6.07, 6.45) is 4.03. The summed E-state index contributed by atoms with van der Waals surface area (Å²) in [6, 6.07) is 6.21. The molecule has 3 amide bonds. The Labute approximate surface area is 158 Å². The fraction of sp³-hybridized carbons (Fsp3) is 0.526. The number of carbonyl (C=O) groups is 3. The molecule has 0 aromatic heterocycles. The Morgan fingerprint density at radius 1 is 1.07 bits per heavy atom. The molecule has 1 atom stereocenters. The van der Waals surface area contributed by atoms with Gasteiger partial charge in [-0.15, -0.1) is 0 Å². The smallest absolute Gasteiger partial charge is 0.344 e. The van der Waals surface area contributed by atoms with Crippen LogP contribution in [-0.2, 0) is 14.3 Å². The van der Waals surface area contributed by atoms with Crippen LogP contribution in [0.2, 0.25) is 0 Å². The van der Waals surface area contributed by atoms with Crippen LogP contribution in [-0.4, -0.2) is 43.8 Å². The second-order valence-corrected chi connectivity index (χ2v) is 6.39. The van der Waals surface area contributed by atoms with Crippen molar-refractivity contribution in [3.05, 3.63) is 24.3 Å². The second-order valence-electron chi connectivity index (χ2n) is 6.39. The lowest BCUT2D eigenvalue weighted by Gasteiger charge is -2.23. The highest BCUT2D eigenvalue weighted by atomic mass is 16.6. The first-order valence-corrected chi connectivity index (χ1v) is 9.05. The van der Waals surface area contributed by atoms with Gasteiger partial charge in [0.2, 0.25) is 0 Å². The molecule has 0 aliphatic heterocycles. The van der Waals surface area contributed by atoms with Crippen molar-refractivity contribution in [2.75, 3.05) is 13.7 Å². The number of hydrogen-bond donors (Lipinski definition) is 2. The highest BCUT2D eigenvalue weighted by Gasteiger charge is 2.22. The highest BCUT2D eigenvalue weighted by Crippen LogP contribution is 2.17. The van der Waals surface area contributed by atoms with Gasteiger partial charge in [0, 0.05) is 6.04 Å². The predicted octanol–water partition coefficient (Wildman–Crippen LogP) is 2.16. The summed E-state index contributed by atoms with van der Waals surface area (Å²) in [4.78, 5) is 35.6. The Hall–Kier alpha value is -2.77. The maximum absolute atomic E-state index is 12.0. The number of urea groups is 1. The summed E-state index contributed by atoms with van der Waals surface area (Å²) < 4.78 is 15.3. The minimum atomic E-state index is -1.10. The molecule has 1 fully saturated rings. The molecule has 0 saturated heterocycles. The number of rotatable bonds is 7. The van der Waals surface area contributed by atoms with Gasteiger partial charge in [-0.05, 0) is 44.0 Å². The molecule has 0 bridgehead atoms. The van der Waals surface area contributed by atoms with E-state index in [1.54, 1.807) is 31.4 Å². The van der Waals surface area contributed by atoms with Gasteiger partial charge in [-0.2, -0.15) is 0 Å². The molecular formula is C19H26N2O6. The van der Waals surface area contributed by atoms with Gasteiger partial charge in [-0.3, -0.25) is 10.1 Å². The number of nitrogens with one attached hydrogen (secondary N) is 2. The van der Waals surface area contributed by atoms with E-state index in [1.807, 2.05) is 0 Å². The van der Waals surface area contributed by atoms with Crippen LogP contribution in [0.25, 0.3) is 0 Å². The van der Waals surface area contributed by atoms with Crippen LogP contribution in [0.4, 0.5) is 4.79 Å². The first-order valence-electron chi connectivity index (χ1n) is 9.05. The van der Waals surface area contributed by atoms with E-state index >= 15 is 0 Å². The van der Waals surface area contributed by atoms with E-state index in [4.69, 9.17) is 14.2 Å². The fourth-order valence-corrected chi connectivity index (χ4v) is 2.78. The summed E-state index contributed by atoms with van der Waals surface area (Å²) in [5.74, 6) is -0.249. The average molecular weight is 378 g/mol. The van der Waals surface area contributed by atoms with Gasteiger partial charge in [0.1, 0.15) is 11.5 Å². The molecule has 0 radical (unpaired) electrons. The topological polar surface area (TPSA) is 103 Å². The number of methoxy groups -OCH3 is 1. The standard InChI is InChI=1S/C19H26N2O6/c1-13(18(23)21-19(24)20-14-6-4-3-5-7-14)27-17(22)12-26-16-10-8-15(25-2)9-11-16/h8-11,13-14H,3-7,12H2,1-2H3,(H2,20,21,23,24)/t13-/m0/s1. The molecule has 0 heterocycles. The number of amides is 3. The van der Waals surface area contributed by atoms with E-state index in [-0.39, 0.29) is 12.6 Å². The van der Waals surface area contributed by atoms with E-state index in [0.29, 0.717) is 11.5 Å². The third-order valence-corrected chi connectivity index (χ3v) is 4.27. The molecule has 1 saturated carbocycles. The number of benzene rings is 1. The lowest BCUT2D eigenvalue weighted by Crippen LogP contribution is -2.48. The van der Waals surface area contributed by atoms with Crippen LogP contribution in [0.15, 0.2) is 24.3 Å². The first-order chi connectivity index (χ1) is 13.0. The molecule has 148 valence electrons. The molecule has 27 heavy (non-hydrogen) atoms. The lowest BCUT2D eigenvalue weighted by atomic mass is 9.96. The van der Waals surface area contributed by atoms with Crippen LogP contribution in [0.5, 0.6) is 11.5 Å². The van der Waals surface area contributed by atoms with Crippen molar-refractivity contribution in [3.63, 3.8) is 0 Å². The van der Waals surface area contributed by atoms with Crippen molar-refractivity contribution < 1.29 is 28.6 Å². The van der Waals surface area contributed by atoms with Gasteiger partial charge in [0.05, 0.1) is 7.11 Å². The molecule has 0 spiro atoms. The van der Waals surface area contributed by atoms with Crippen LogP contribution < -0.4 is 20.1 Å². The van der Waals surface area contributed by atoms with E-state index in [9.17, 15) is 14.4 Å². The fourth-order valence-electron chi connectivity index (χ4n) is 2.78. The lowest BCUT2D eigenvalue weighted by molar-refractivity contribution is -0.156. The Morgan fingerprint density at radius 2 is 1.70 bits per heavy atom. The maximum Gasteiger partial charge on any atom is 0.344 e. The second kappa shape index (κ2) is 10.4. The summed E-state index contributed by atoms with van der Waals surface area (Å²) >= 11 is 0. The van der Waals surface area contributed by atoms with Crippen LogP contribution in [0.1, 0.15) is 39.0 Å². The van der Waals surface area contributed by atoms with Gasteiger partial charge >= 0.3 is 12.0 Å². The average Bonchev–Trinajstić information content (AvgIpc) is 2.67. The molecule has 2 N–H and O–H groups in total. The monoisotopic (exact) mass is 378 g/mol. The number of hydrogen-bond acceptors (Lipinski definition) is 6. The molecule has 1 aliphatic carbocycles.